The highest BCUT2D eigenvalue weighted by Gasteiger charge is 2.14. The van der Waals surface area contributed by atoms with E-state index in [1.165, 1.54) is 0 Å². The summed E-state index contributed by atoms with van der Waals surface area (Å²) in [5, 5.41) is 14.2. The van der Waals surface area contributed by atoms with Gasteiger partial charge in [-0.1, -0.05) is 19.1 Å². The summed E-state index contributed by atoms with van der Waals surface area (Å²) in [4.78, 5) is 0. The number of aryl methyl sites for hydroxylation is 2. The van der Waals surface area contributed by atoms with Crippen LogP contribution in [0.15, 0.2) is 28.7 Å². The largest absolute Gasteiger partial charge is 0.487 e. The Hall–Kier alpha value is -1.33. The molecule has 0 aliphatic carbocycles. The van der Waals surface area contributed by atoms with Crippen molar-refractivity contribution < 1.29 is 9.84 Å². The van der Waals surface area contributed by atoms with E-state index in [-0.39, 0.29) is 0 Å². The van der Waals surface area contributed by atoms with Crippen molar-refractivity contribution in [2.24, 2.45) is 0 Å². The molecule has 1 aromatic heterocycles. The topological polar surface area (TPSA) is 47.3 Å². The van der Waals surface area contributed by atoms with Crippen molar-refractivity contribution in [2.75, 3.05) is 0 Å². The molecular formula is C16H21BrN2O2. The number of hydrogen-bond donors (Lipinski definition) is 1. The van der Waals surface area contributed by atoms with Crippen molar-refractivity contribution in [3.05, 3.63) is 45.7 Å². The normalized spacial score (nSPS) is 12.4. The van der Waals surface area contributed by atoms with Crippen LogP contribution < -0.4 is 4.74 Å². The smallest absolute Gasteiger partial charge is 0.131 e. The summed E-state index contributed by atoms with van der Waals surface area (Å²) >= 11 is 3.61. The molecule has 1 N–H and O–H groups in total. The lowest BCUT2D eigenvalue weighted by Crippen LogP contribution is -2.07. The van der Waals surface area contributed by atoms with Crippen LogP contribution in [0.25, 0.3) is 0 Å². The van der Waals surface area contributed by atoms with Gasteiger partial charge in [-0.15, -0.1) is 0 Å². The number of benzene rings is 1. The zero-order valence-electron chi connectivity index (χ0n) is 12.6. The number of aliphatic hydroxyl groups is 1. The molecule has 114 valence electrons. The summed E-state index contributed by atoms with van der Waals surface area (Å²) in [6.45, 7) is 7.16. The standard InChI is InChI=1S/C16H21BrN2O2/c1-4-14-16(17)15(19(5-2)18-14)10-21-13-8-6-7-12(9-13)11(3)20/h6-9,11,20H,4-5,10H2,1-3H3/t11-/m1/s1. The van der Waals surface area contributed by atoms with Crippen LogP contribution in [0.5, 0.6) is 5.75 Å². The summed E-state index contributed by atoms with van der Waals surface area (Å²) in [7, 11) is 0. The Morgan fingerprint density at radius 3 is 2.76 bits per heavy atom. The van der Waals surface area contributed by atoms with Crippen molar-refractivity contribution in [1.82, 2.24) is 9.78 Å². The molecule has 0 amide bonds. The Labute approximate surface area is 133 Å². The first-order chi connectivity index (χ1) is 10.1. The minimum absolute atomic E-state index is 0.449. The Bertz CT molecular complexity index is 608. The van der Waals surface area contributed by atoms with Crippen LogP contribution in [0.2, 0.25) is 0 Å². The number of rotatable bonds is 6. The second kappa shape index (κ2) is 7.09. The van der Waals surface area contributed by atoms with E-state index in [9.17, 15) is 5.11 Å². The molecule has 2 rings (SSSR count). The van der Waals surface area contributed by atoms with Crippen LogP contribution in [0.1, 0.15) is 43.8 Å². The lowest BCUT2D eigenvalue weighted by Gasteiger charge is -2.11. The fraction of sp³-hybridized carbons (Fsp3) is 0.438. The predicted octanol–water partition coefficient (Wildman–Crippen LogP) is 3.86. The molecule has 0 aliphatic heterocycles. The summed E-state index contributed by atoms with van der Waals surface area (Å²) in [6, 6.07) is 7.54. The van der Waals surface area contributed by atoms with Gasteiger partial charge in [0.05, 0.1) is 22.0 Å². The van der Waals surface area contributed by atoms with Crippen molar-refractivity contribution in [3.8, 4) is 5.75 Å². The highest BCUT2D eigenvalue weighted by Crippen LogP contribution is 2.25. The van der Waals surface area contributed by atoms with Gasteiger partial charge in [0.1, 0.15) is 12.4 Å². The maximum Gasteiger partial charge on any atom is 0.131 e. The number of hydrogen-bond acceptors (Lipinski definition) is 3. The molecule has 0 fully saturated rings. The first kappa shape index (κ1) is 16.0. The molecule has 1 atom stereocenters. The van der Waals surface area contributed by atoms with E-state index in [1.807, 2.05) is 28.9 Å². The molecular weight excluding hydrogens is 332 g/mol. The van der Waals surface area contributed by atoms with Gasteiger partial charge in [0.25, 0.3) is 0 Å². The fourth-order valence-corrected chi connectivity index (χ4v) is 2.85. The summed E-state index contributed by atoms with van der Waals surface area (Å²) < 4.78 is 8.85. The Kier molecular flexibility index (Phi) is 5.42. The summed E-state index contributed by atoms with van der Waals surface area (Å²) in [5.74, 6) is 0.752. The second-order valence-electron chi connectivity index (χ2n) is 4.91. The minimum atomic E-state index is -0.492. The Morgan fingerprint density at radius 1 is 1.38 bits per heavy atom. The lowest BCUT2D eigenvalue weighted by molar-refractivity contribution is 0.198. The Balaban J connectivity index is 2.16. The van der Waals surface area contributed by atoms with Crippen LogP contribution >= 0.6 is 15.9 Å². The third kappa shape index (κ3) is 3.66. The molecule has 0 radical (unpaired) electrons. The average Bonchev–Trinajstić information content (AvgIpc) is 2.81. The van der Waals surface area contributed by atoms with E-state index in [2.05, 4.69) is 34.9 Å². The first-order valence-corrected chi connectivity index (χ1v) is 8.01. The predicted molar refractivity (Wildman–Crippen MR) is 86.4 cm³/mol. The molecule has 0 bridgehead atoms. The molecule has 0 aliphatic rings. The van der Waals surface area contributed by atoms with E-state index in [0.717, 1.165) is 40.1 Å². The summed E-state index contributed by atoms with van der Waals surface area (Å²) in [5.41, 5.74) is 2.94. The first-order valence-electron chi connectivity index (χ1n) is 7.21. The van der Waals surface area contributed by atoms with Gasteiger partial charge >= 0.3 is 0 Å². The SMILES string of the molecule is CCc1nn(CC)c(COc2cccc([C@@H](C)O)c2)c1Br. The van der Waals surface area contributed by atoms with E-state index >= 15 is 0 Å². The number of halogens is 1. The van der Waals surface area contributed by atoms with Crippen LogP contribution in [-0.2, 0) is 19.6 Å². The van der Waals surface area contributed by atoms with Crippen LogP contribution in [0.3, 0.4) is 0 Å². The van der Waals surface area contributed by atoms with E-state index in [4.69, 9.17) is 4.74 Å². The Morgan fingerprint density at radius 2 is 2.14 bits per heavy atom. The molecule has 21 heavy (non-hydrogen) atoms. The van der Waals surface area contributed by atoms with E-state index < -0.39 is 6.10 Å². The van der Waals surface area contributed by atoms with Gasteiger partial charge in [-0.25, -0.2) is 0 Å². The highest BCUT2D eigenvalue weighted by molar-refractivity contribution is 9.10. The molecule has 1 heterocycles. The molecule has 0 saturated heterocycles. The van der Waals surface area contributed by atoms with Gasteiger partial charge in [-0.05, 0) is 53.9 Å². The molecule has 4 nitrogen and oxygen atoms in total. The van der Waals surface area contributed by atoms with Gasteiger partial charge in [0.2, 0.25) is 0 Å². The zero-order valence-corrected chi connectivity index (χ0v) is 14.2. The maximum absolute atomic E-state index is 9.62. The molecule has 0 spiro atoms. The van der Waals surface area contributed by atoms with Crippen molar-refractivity contribution in [3.63, 3.8) is 0 Å². The summed E-state index contributed by atoms with van der Waals surface area (Å²) in [6.07, 6.45) is 0.395. The quantitative estimate of drug-likeness (QED) is 0.858. The number of aromatic nitrogens is 2. The minimum Gasteiger partial charge on any atom is -0.487 e. The zero-order chi connectivity index (χ0) is 15.4. The van der Waals surface area contributed by atoms with Crippen LogP contribution in [-0.4, -0.2) is 14.9 Å². The average molecular weight is 353 g/mol. The van der Waals surface area contributed by atoms with Gasteiger partial charge in [-0.2, -0.15) is 5.10 Å². The monoisotopic (exact) mass is 352 g/mol. The molecule has 0 unspecified atom stereocenters. The van der Waals surface area contributed by atoms with Crippen LogP contribution in [0, 0.1) is 0 Å². The fourth-order valence-electron chi connectivity index (χ4n) is 2.17. The maximum atomic E-state index is 9.62. The highest BCUT2D eigenvalue weighted by atomic mass is 79.9. The van der Waals surface area contributed by atoms with Gasteiger partial charge in [0, 0.05) is 6.54 Å². The van der Waals surface area contributed by atoms with Crippen molar-refractivity contribution in [2.45, 2.75) is 46.4 Å². The van der Waals surface area contributed by atoms with Crippen molar-refractivity contribution in [1.29, 1.82) is 0 Å². The molecule has 5 heteroatoms. The van der Waals surface area contributed by atoms with E-state index in [0.29, 0.717) is 6.61 Å². The second-order valence-corrected chi connectivity index (χ2v) is 5.71. The molecule has 1 aromatic carbocycles. The third-order valence-corrected chi connectivity index (χ3v) is 4.33. The van der Waals surface area contributed by atoms with E-state index in [1.54, 1.807) is 6.92 Å². The number of ether oxygens (including phenoxy) is 1. The van der Waals surface area contributed by atoms with Gasteiger partial charge in [-0.3, -0.25) is 4.68 Å². The third-order valence-electron chi connectivity index (χ3n) is 3.41. The molecule has 0 saturated carbocycles. The van der Waals surface area contributed by atoms with Crippen LogP contribution in [0.4, 0.5) is 0 Å². The number of aliphatic hydroxyl groups excluding tert-OH is 1. The van der Waals surface area contributed by atoms with Gasteiger partial charge in [0.15, 0.2) is 0 Å². The van der Waals surface area contributed by atoms with Gasteiger partial charge < -0.3 is 9.84 Å². The number of nitrogens with zero attached hydrogens (tertiary/aromatic N) is 2. The van der Waals surface area contributed by atoms with Crippen molar-refractivity contribution >= 4 is 15.9 Å². The molecule has 2 aromatic rings. The lowest BCUT2D eigenvalue weighted by atomic mass is 10.1.